The Morgan fingerprint density at radius 1 is 1.29 bits per heavy atom. The van der Waals surface area contributed by atoms with Crippen molar-refractivity contribution in [2.75, 3.05) is 12.4 Å². The first-order chi connectivity index (χ1) is 13.4. The zero-order chi connectivity index (χ0) is 20.3. The van der Waals surface area contributed by atoms with E-state index in [-0.39, 0.29) is 6.42 Å². The van der Waals surface area contributed by atoms with Crippen LogP contribution in [-0.4, -0.2) is 18.0 Å². The average molecular weight is 394 g/mol. The minimum atomic E-state index is -0.910. The number of carbonyl (C=O) groups is 1. The maximum atomic E-state index is 12.6. The number of benzene rings is 2. The highest BCUT2D eigenvalue weighted by atomic mass is 35.5. The molecule has 0 saturated heterocycles. The van der Waals surface area contributed by atoms with E-state index >= 15 is 0 Å². The number of aryl methyl sites for hydroxylation is 2. The molecular weight excluding hydrogens is 374 g/mol. The number of hydrogen-bond acceptors (Lipinski definition) is 4. The lowest BCUT2D eigenvalue weighted by Crippen LogP contribution is -2.24. The van der Waals surface area contributed by atoms with Gasteiger partial charge in [-0.25, -0.2) is 4.98 Å². The van der Waals surface area contributed by atoms with E-state index in [0.717, 1.165) is 22.0 Å². The van der Waals surface area contributed by atoms with Crippen LogP contribution < -0.4 is 10.1 Å². The largest absolute Gasteiger partial charge is 0.495 e. The zero-order valence-corrected chi connectivity index (χ0v) is 16.7. The Morgan fingerprint density at radius 2 is 2.04 bits per heavy atom. The van der Waals surface area contributed by atoms with Crippen molar-refractivity contribution in [2.24, 2.45) is 5.92 Å². The van der Waals surface area contributed by atoms with Crippen LogP contribution in [0.1, 0.15) is 16.7 Å². The summed E-state index contributed by atoms with van der Waals surface area (Å²) in [6.07, 6.45) is 0.173. The summed E-state index contributed by atoms with van der Waals surface area (Å²) in [4.78, 5) is 17.1. The number of hydrogen-bond donors (Lipinski definition) is 1. The molecule has 1 heterocycles. The van der Waals surface area contributed by atoms with Gasteiger partial charge in [0.05, 0.1) is 24.4 Å². The van der Waals surface area contributed by atoms with Gasteiger partial charge in [0.25, 0.3) is 0 Å². The number of halogens is 1. The summed E-state index contributed by atoms with van der Waals surface area (Å²) in [5, 5.41) is 13.6. The van der Waals surface area contributed by atoms with Crippen LogP contribution in [0.15, 0.2) is 42.5 Å². The van der Waals surface area contributed by atoms with Gasteiger partial charge in [0.1, 0.15) is 16.8 Å². The third-order valence-corrected chi connectivity index (χ3v) is 4.87. The SMILES string of the molecule is COc1ccccc1NC(=O)[C@@H](C#N)Cc1cc2cc(C)cc(C)c2nc1Cl. The van der Waals surface area contributed by atoms with Crippen molar-refractivity contribution in [3.05, 3.63) is 64.3 Å². The van der Waals surface area contributed by atoms with Crippen molar-refractivity contribution in [2.45, 2.75) is 20.3 Å². The van der Waals surface area contributed by atoms with Crippen LogP contribution in [0.4, 0.5) is 5.69 Å². The van der Waals surface area contributed by atoms with Gasteiger partial charge in [0.15, 0.2) is 0 Å². The molecule has 1 aromatic heterocycles. The number of pyridine rings is 1. The molecule has 0 unspecified atom stereocenters. The molecule has 0 spiro atoms. The number of nitriles is 1. The monoisotopic (exact) mass is 393 g/mol. The highest BCUT2D eigenvalue weighted by molar-refractivity contribution is 6.30. The number of fused-ring (bicyclic) bond motifs is 1. The third-order valence-electron chi connectivity index (χ3n) is 4.54. The first kappa shape index (κ1) is 19.7. The number of nitrogens with zero attached hydrogens (tertiary/aromatic N) is 2. The zero-order valence-electron chi connectivity index (χ0n) is 15.9. The lowest BCUT2D eigenvalue weighted by molar-refractivity contribution is -0.118. The van der Waals surface area contributed by atoms with Gasteiger partial charge in [-0.1, -0.05) is 35.4 Å². The minimum absolute atomic E-state index is 0.173. The van der Waals surface area contributed by atoms with Crippen LogP contribution in [0.3, 0.4) is 0 Å². The van der Waals surface area contributed by atoms with Crippen LogP contribution in [0, 0.1) is 31.1 Å². The summed E-state index contributed by atoms with van der Waals surface area (Å²) in [5.41, 5.74) is 4.16. The third kappa shape index (κ3) is 4.08. The molecule has 0 aliphatic heterocycles. The maximum absolute atomic E-state index is 12.6. The van der Waals surface area contributed by atoms with Crippen LogP contribution >= 0.6 is 11.6 Å². The van der Waals surface area contributed by atoms with Crippen molar-refractivity contribution in [1.29, 1.82) is 5.26 Å². The summed E-state index contributed by atoms with van der Waals surface area (Å²) < 4.78 is 5.24. The van der Waals surface area contributed by atoms with Crippen molar-refractivity contribution < 1.29 is 9.53 Å². The van der Waals surface area contributed by atoms with Gasteiger partial charge in [0.2, 0.25) is 5.91 Å². The number of ether oxygens (including phenoxy) is 1. The van der Waals surface area contributed by atoms with Gasteiger partial charge in [-0.2, -0.15) is 5.26 Å². The first-order valence-electron chi connectivity index (χ1n) is 8.82. The Labute approximate surface area is 168 Å². The van der Waals surface area contributed by atoms with E-state index in [1.54, 1.807) is 24.3 Å². The molecule has 28 heavy (non-hydrogen) atoms. The van der Waals surface area contributed by atoms with Crippen LogP contribution in [0.25, 0.3) is 10.9 Å². The molecule has 2 aromatic carbocycles. The second-order valence-corrected chi connectivity index (χ2v) is 7.03. The molecule has 5 nitrogen and oxygen atoms in total. The number of methoxy groups -OCH3 is 1. The molecule has 0 aliphatic rings. The molecule has 1 atom stereocenters. The van der Waals surface area contributed by atoms with Crippen molar-refractivity contribution in [3.8, 4) is 11.8 Å². The number of nitrogens with one attached hydrogen (secondary N) is 1. The van der Waals surface area contributed by atoms with Gasteiger partial charge in [-0.05, 0) is 49.2 Å². The highest BCUT2D eigenvalue weighted by Crippen LogP contribution is 2.27. The number of aromatic nitrogens is 1. The quantitative estimate of drug-likeness (QED) is 0.629. The Hall–Kier alpha value is -3.10. The number of amides is 1. The van der Waals surface area contributed by atoms with Crippen molar-refractivity contribution in [3.63, 3.8) is 0 Å². The van der Waals surface area contributed by atoms with Crippen LogP contribution in [0.2, 0.25) is 5.15 Å². The maximum Gasteiger partial charge on any atom is 0.242 e. The molecule has 142 valence electrons. The van der Waals surface area contributed by atoms with Crippen molar-refractivity contribution >= 4 is 34.1 Å². The molecule has 6 heteroatoms. The van der Waals surface area contributed by atoms with E-state index in [2.05, 4.69) is 16.4 Å². The number of carbonyl (C=O) groups excluding carboxylic acids is 1. The van der Waals surface area contributed by atoms with E-state index in [9.17, 15) is 10.1 Å². The van der Waals surface area contributed by atoms with Crippen LogP contribution in [-0.2, 0) is 11.2 Å². The number of anilines is 1. The highest BCUT2D eigenvalue weighted by Gasteiger charge is 2.22. The van der Waals surface area contributed by atoms with Gasteiger partial charge in [0, 0.05) is 11.8 Å². The Morgan fingerprint density at radius 3 is 2.75 bits per heavy atom. The predicted molar refractivity (Wildman–Crippen MR) is 111 cm³/mol. The molecule has 1 amide bonds. The molecule has 0 saturated carbocycles. The fraction of sp³-hybridized carbons (Fsp3) is 0.227. The van der Waals surface area contributed by atoms with E-state index in [1.165, 1.54) is 7.11 Å². The lowest BCUT2D eigenvalue weighted by Gasteiger charge is -2.14. The molecule has 3 aromatic rings. The molecule has 1 N–H and O–H groups in total. The van der Waals surface area contributed by atoms with Crippen LogP contribution in [0.5, 0.6) is 5.75 Å². The molecular formula is C22H20ClN3O2. The summed E-state index contributed by atoms with van der Waals surface area (Å²) in [6, 6.07) is 15.1. The first-order valence-corrected chi connectivity index (χ1v) is 9.20. The normalized spacial score (nSPS) is 11.7. The fourth-order valence-electron chi connectivity index (χ4n) is 3.20. The van der Waals surface area contributed by atoms with E-state index < -0.39 is 11.8 Å². The second-order valence-electron chi connectivity index (χ2n) is 6.67. The van der Waals surface area contributed by atoms with Gasteiger partial charge >= 0.3 is 0 Å². The summed E-state index contributed by atoms with van der Waals surface area (Å²) in [5.74, 6) is -0.792. The standard InChI is InChI=1S/C22H20ClN3O2/c1-13-8-14(2)20-15(9-13)10-16(21(23)26-20)11-17(12-24)22(27)25-18-6-4-5-7-19(18)28-3/h4-10,17H,11H2,1-3H3,(H,25,27)/t17-/m1/s1. The topological polar surface area (TPSA) is 75.0 Å². The summed E-state index contributed by atoms with van der Waals surface area (Å²) >= 11 is 6.36. The van der Waals surface area contributed by atoms with Gasteiger partial charge in [-0.15, -0.1) is 0 Å². The van der Waals surface area contributed by atoms with Crippen molar-refractivity contribution in [1.82, 2.24) is 4.98 Å². The fourth-order valence-corrected chi connectivity index (χ4v) is 3.42. The van der Waals surface area contributed by atoms with Gasteiger partial charge in [-0.3, -0.25) is 4.79 Å². The molecule has 0 fully saturated rings. The molecule has 0 aliphatic carbocycles. The average Bonchev–Trinajstić information content (AvgIpc) is 2.67. The summed E-state index contributed by atoms with van der Waals surface area (Å²) in [7, 11) is 1.53. The number of rotatable bonds is 5. The predicted octanol–water partition coefficient (Wildman–Crippen LogP) is 4.83. The molecule has 3 rings (SSSR count). The Balaban J connectivity index is 1.87. The smallest absolute Gasteiger partial charge is 0.242 e. The minimum Gasteiger partial charge on any atom is -0.495 e. The Kier molecular flexibility index (Phi) is 5.81. The summed E-state index contributed by atoms with van der Waals surface area (Å²) in [6.45, 7) is 4.00. The number of para-hydroxylation sites is 2. The lowest BCUT2D eigenvalue weighted by atomic mass is 9.98. The van der Waals surface area contributed by atoms with E-state index in [1.807, 2.05) is 32.0 Å². The molecule has 0 radical (unpaired) electrons. The van der Waals surface area contributed by atoms with E-state index in [0.29, 0.717) is 22.2 Å². The van der Waals surface area contributed by atoms with Gasteiger partial charge < -0.3 is 10.1 Å². The Bertz CT molecular complexity index is 1090. The molecule has 0 bridgehead atoms. The second kappa shape index (κ2) is 8.28. The van der Waals surface area contributed by atoms with E-state index in [4.69, 9.17) is 16.3 Å².